The molecule has 0 heterocycles. The van der Waals surface area contributed by atoms with Crippen molar-refractivity contribution in [2.24, 2.45) is 10.9 Å². The number of carboxylic acids is 2. The van der Waals surface area contributed by atoms with E-state index >= 15 is 0 Å². The number of carboxylic acid groups (broad SMARTS) is 2. The average molecular weight is 259 g/mol. The number of aliphatic carboxylic acids is 2. The van der Waals surface area contributed by atoms with Crippen LogP contribution in [0.1, 0.15) is 32.1 Å². The van der Waals surface area contributed by atoms with Gasteiger partial charge in [0.1, 0.15) is 5.84 Å². The van der Waals surface area contributed by atoms with E-state index in [1.54, 1.807) is 0 Å². The lowest BCUT2D eigenvalue weighted by atomic mass is 10.2. The van der Waals surface area contributed by atoms with Crippen LogP contribution in [0.25, 0.3) is 4.85 Å². The molecule has 0 saturated heterocycles. The molecular weight excluding hydrogens is 242 g/mol. The minimum Gasteiger partial charge on any atom is -0.481 e. The van der Waals surface area contributed by atoms with E-state index in [0.29, 0.717) is 25.8 Å². The van der Waals surface area contributed by atoms with Crippen LogP contribution < -0.4 is 5.73 Å². The van der Waals surface area contributed by atoms with E-state index in [9.17, 15) is 9.59 Å². The summed E-state index contributed by atoms with van der Waals surface area (Å²) in [5.41, 5.74) is 5.07. The third kappa shape index (κ3) is 19.3. The van der Waals surface area contributed by atoms with Crippen molar-refractivity contribution in [3.05, 3.63) is 11.4 Å². The number of nitrogens with two attached hydrogens (primary N) is 1. The smallest absolute Gasteiger partial charge is 0.303 e. The second kappa shape index (κ2) is 12.8. The number of oxime groups is 1. The topological polar surface area (TPSA) is 138 Å². The summed E-state index contributed by atoms with van der Waals surface area (Å²) in [4.78, 5) is 22.7. The Kier molecular flexibility index (Phi) is 12.8. The minimum absolute atomic E-state index is 0.0518. The standard InChI is InChI=1S/C5H10N2O3.C5H7NO2/c6-4(7-10)2-1-3-5(8)9;1-6-4-2-3-5(7)8/h10H,1-3H2,(H2,6,7)(H,8,9);2-4H2,(H,7,8). The number of carbonyl (C=O) groups is 2. The summed E-state index contributed by atoms with van der Waals surface area (Å²) in [6.07, 6.45) is 1.37. The van der Waals surface area contributed by atoms with E-state index in [4.69, 9.17) is 27.7 Å². The fraction of sp³-hybridized carbons (Fsp3) is 0.600. The van der Waals surface area contributed by atoms with Gasteiger partial charge in [-0.3, -0.25) is 9.59 Å². The van der Waals surface area contributed by atoms with Crippen LogP contribution >= 0.6 is 0 Å². The molecular formula is C10H17N3O5. The normalized spacial score (nSPS) is 9.83. The Hall–Kier alpha value is -2.30. The fourth-order valence-corrected chi connectivity index (χ4v) is 0.780. The SMILES string of the molecule is N/C(CCCC(=O)O)=N\O.[C-]#[N+]CCCC(=O)O. The van der Waals surface area contributed by atoms with Gasteiger partial charge in [-0.1, -0.05) is 5.16 Å². The molecule has 0 aliphatic carbocycles. The van der Waals surface area contributed by atoms with Gasteiger partial charge in [-0.05, 0) is 6.42 Å². The van der Waals surface area contributed by atoms with Crippen LogP contribution in [-0.2, 0) is 9.59 Å². The monoisotopic (exact) mass is 259 g/mol. The predicted octanol–water partition coefficient (Wildman–Crippen LogP) is 0.758. The number of hydrogen-bond acceptors (Lipinski definition) is 4. The molecule has 0 fully saturated rings. The fourth-order valence-electron chi connectivity index (χ4n) is 0.780. The highest BCUT2D eigenvalue weighted by Crippen LogP contribution is 1.94. The summed E-state index contributed by atoms with van der Waals surface area (Å²) in [5, 5.41) is 26.9. The first-order valence-electron chi connectivity index (χ1n) is 5.17. The van der Waals surface area contributed by atoms with Crippen LogP contribution in [0.4, 0.5) is 0 Å². The molecule has 0 rings (SSSR count). The Bertz CT molecular complexity index is 322. The summed E-state index contributed by atoms with van der Waals surface area (Å²) < 4.78 is 0. The second-order valence-electron chi connectivity index (χ2n) is 3.22. The zero-order valence-electron chi connectivity index (χ0n) is 9.87. The highest BCUT2D eigenvalue weighted by molar-refractivity contribution is 5.80. The molecule has 8 heteroatoms. The summed E-state index contributed by atoms with van der Waals surface area (Å²) in [6.45, 7) is 6.60. The lowest BCUT2D eigenvalue weighted by molar-refractivity contribution is -0.138. The minimum atomic E-state index is -0.870. The van der Waals surface area contributed by atoms with Crippen LogP contribution in [0.2, 0.25) is 0 Å². The molecule has 102 valence electrons. The average Bonchev–Trinajstić information content (AvgIpc) is 2.29. The van der Waals surface area contributed by atoms with Crippen molar-refractivity contribution < 1.29 is 25.0 Å². The first-order valence-corrected chi connectivity index (χ1v) is 5.17. The highest BCUT2D eigenvalue weighted by Gasteiger charge is 1.97. The highest BCUT2D eigenvalue weighted by atomic mass is 16.4. The predicted molar refractivity (Wildman–Crippen MR) is 63.2 cm³/mol. The summed E-state index contributed by atoms with van der Waals surface area (Å²) in [7, 11) is 0. The molecule has 0 amide bonds. The van der Waals surface area contributed by atoms with E-state index in [2.05, 4.69) is 10.0 Å². The number of nitrogens with zero attached hydrogens (tertiary/aromatic N) is 2. The molecule has 0 saturated carbocycles. The quantitative estimate of drug-likeness (QED) is 0.133. The molecule has 0 aliphatic heterocycles. The third-order valence-corrected chi connectivity index (χ3v) is 1.61. The van der Waals surface area contributed by atoms with Crippen molar-refractivity contribution in [1.82, 2.24) is 0 Å². The van der Waals surface area contributed by atoms with Gasteiger partial charge in [0, 0.05) is 19.3 Å². The maximum absolute atomic E-state index is 9.93. The maximum Gasteiger partial charge on any atom is 0.303 e. The first-order chi connectivity index (χ1) is 8.43. The molecule has 8 nitrogen and oxygen atoms in total. The molecule has 0 atom stereocenters. The zero-order valence-corrected chi connectivity index (χ0v) is 9.87. The first kappa shape index (κ1) is 18.1. The van der Waals surface area contributed by atoms with E-state index in [1.807, 2.05) is 0 Å². The maximum atomic E-state index is 9.93. The van der Waals surface area contributed by atoms with Crippen molar-refractivity contribution in [2.75, 3.05) is 6.54 Å². The molecule has 5 N–H and O–H groups in total. The van der Waals surface area contributed by atoms with Gasteiger partial charge >= 0.3 is 11.9 Å². The van der Waals surface area contributed by atoms with E-state index < -0.39 is 11.9 Å². The molecule has 0 unspecified atom stereocenters. The van der Waals surface area contributed by atoms with Gasteiger partial charge in [0.25, 0.3) is 0 Å². The Labute approximate surface area is 105 Å². The molecule has 18 heavy (non-hydrogen) atoms. The van der Waals surface area contributed by atoms with E-state index in [0.717, 1.165) is 0 Å². The number of rotatable bonds is 7. The van der Waals surface area contributed by atoms with Gasteiger partial charge in [-0.15, -0.1) is 0 Å². The van der Waals surface area contributed by atoms with Crippen molar-refractivity contribution >= 4 is 17.8 Å². The molecule has 0 radical (unpaired) electrons. The van der Waals surface area contributed by atoms with Crippen molar-refractivity contribution in [3.8, 4) is 0 Å². The van der Waals surface area contributed by atoms with Gasteiger partial charge < -0.3 is 26.0 Å². The van der Waals surface area contributed by atoms with Crippen LogP contribution in [-0.4, -0.2) is 39.7 Å². The summed E-state index contributed by atoms with van der Waals surface area (Å²) in [6, 6.07) is 0. The van der Waals surface area contributed by atoms with Gasteiger partial charge in [0.2, 0.25) is 6.54 Å². The molecule has 0 aliphatic rings. The summed E-state index contributed by atoms with van der Waals surface area (Å²) in [5.74, 6) is -1.62. The molecule has 0 aromatic heterocycles. The van der Waals surface area contributed by atoms with Crippen molar-refractivity contribution in [3.63, 3.8) is 0 Å². The van der Waals surface area contributed by atoms with Crippen molar-refractivity contribution in [2.45, 2.75) is 32.1 Å². The zero-order chi connectivity index (χ0) is 14.4. The third-order valence-electron chi connectivity index (χ3n) is 1.61. The van der Waals surface area contributed by atoms with Crippen LogP contribution in [0.5, 0.6) is 0 Å². The summed E-state index contributed by atoms with van der Waals surface area (Å²) >= 11 is 0. The van der Waals surface area contributed by atoms with Crippen LogP contribution in [0.15, 0.2) is 5.16 Å². The van der Waals surface area contributed by atoms with Crippen LogP contribution in [0.3, 0.4) is 0 Å². The molecule has 0 aromatic rings. The van der Waals surface area contributed by atoms with Crippen molar-refractivity contribution in [1.29, 1.82) is 0 Å². The Morgan fingerprint density at radius 1 is 1.11 bits per heavy atom. The Morgan fingerprint density at radius 3 is 2.00 bits per heavy atom. The number of hydrogen-bond donors (Lipinski definition) is 4. The molecule has 0 spiro atoms. The van der Waals surface area contributed by atoms with E-state index in [-0.39, 0.29) is 18.7 Å². The largest absolute Gasteiger partial charge is 0.481 e. The Balaban J connectivity index is 0. The van der Waals surface area contributed by atoms with Gasteiger partial charge in [0.15, 0.2) is 0 Å². The van der Waals surface area contributed by atoms with Crippen LogP contribution in [0, 0.1) is 6.57 Å². The lowest BCUT2D eigenvalue weighted by Crippen LogP contribution is -2.11. The van der Waals surface area contributed by atoms with E-state index in [1.165, 1.54) is 0 Å². The molecule has 0 aromatic carbocycles. The van der Waals surface area contributed by atoms with Gasteiger partial charge in [0.05, 0.1) is 6.42 Å². The Morgan fingerprint density at radius 2 is 1.61 bits per heavy atom. The molecule has 0 bridgehead atoms. The number of amidine groups is 1. The van der Waals surface area contributed by atoms with Gasteiger partial charge in [-0.2, -0.15) is 0 Å². The lowest BCUT2D eigenvalue weighted by Gasteiger charge is -1.93. The van der Waals surface area contributed by atoms with Gasteiger partial charge in [-0.25, -0.2) is 6.57 Å². The second-order valence-corrected chi connectivity index (χ2v) is 3.22.